The Morgan fingerprint density at radius 2 is 1.20 bits per heavy atom. The summed E-state index contributed by atoms with van der Waals surface area (Å²) in [5.74, 6) is 0.270. The summed E-state index contributed by atoms with van der Waals surface area (Å²) in [4.78, 5) is 16.6. The molecule has 178 valence electrons. The maximum Gasteiger partial charge on any atom is 0.343 e. The fourth-order valence-electron chi connectivity index (χ4n) is 3.56. The van der Waals surface area contributed by atoms with Gasteiger partial charge in [0.25, 0.3) is 0 Å². The van der Waals surface area contributed by atoms with Crippen molar-refractivity contribution in [2.24, 2.45) is 0 Å². The third-order valence-corrected chi connectivity index (χ3v) is 9.87. The molecule has 0 bridgehead atoms. The Hall–Kier alpha value is -1.11. The van der Waals surface area contributed by atoms with Crippen LogP contribution in [-0.4, -0.2) is 5.97 Å². The highest BCUT2D eigenvalue weighted by atomic mass is 127. The molecular weight excluding hydrogens is 793 g/mol. The van der Waals surface area contributed by atoms with E-state index in [-0.39, 0.29) is 22.3 Å². The van der Waals surface area contributed by atoms with Gasteiger partial charge in [-0.15, -0.1) is 0 Å². The number of carbonyl (C=O) groups excluding carboxylic acids is 1. The molecule has 35 heavy (non-hydrogen) atoms. The van der Waals surface area contributed by atoms with E-state index < -0.39 is 0 Å². The lowest BCUT2D eigenvalue weighted by atomic mass is 9.87. The van der Waals surface area contributed by atoms with Crippen molar-refractivity contribution in [3.63, 3.8) is 0 Å². The van der Waals surface area contributed by atoms with Crippen LogP contribution >= 0.6 is 67.8 Å². The van der Waals surface area contributed by atoms with Gasteiger partial charge in [-0.3, -0.25) is 0 Å². The predicted octanol–water partition coefficient (Wildman–Crippen LogP) is 9.11. The molecule has 4 aromatic carbocycles. The standard InChI is InChI=1S/C29H24I3O2S/c1-29(2,3)20-11-15-24(16-12-20)35(22-7-5-4-6-8-22)23-13-9-19(10-14-23)28(33)34-27-25(31)17-21(30)18-26(27)32/h4-18H,1-3H3/q+1. The number of rotatable bonds is 5. The van der Waals surface area contributed by atoms with Gasteiger partial charge in [0.05, 0.1) is 23.6 Å². The van der Waals surface area contributed by atoms with Crippen molar-refractivity contribution in [2.45, 2.75) is 40.9 Å². The van der Waals surface area contributed by atoms with E-state index in [0.29, 0.717) is 11.3 Å². The van der Waals surface area contributed by atoms with E-state index in [4.69, 9.17) is 4.74 Å². The third kappa shape index (κ3) is 6.61. The van der Waals surface area contributed by atoms with Crippen molar-refractivity contribution >= 4 is 84.6 Å². The normalized spacial score (nSPS) is 12.3. The summed E-state index contributed by atoms with van der Waals surface area (Å²) >= 11 is 6.69. The van der Waals surface area contributed by atoms with Crippen LogP contribution in [0.4, 0.5) is 0 Å². The summed E-state index contributed by atoms with van der Waals surface area (Å²) in [6, 6.07) is 31.3. The van der Waals surface area contributed by atoms with E-state index in [1.807, 2.05) is 42.5 Å². The maximum absolute atomic E-state index is 12.9. The molecule has 4 aromatic rings. The number of benzene rings is 4. The highest BCUT2D eigenvalue weighted by Gasteiger charge is 2.29. The van der Waals surface area contributed by atoms with Crippen LogP contribution in [0.15, 0.2) is 106 Å². The number of carbonyl (C=O) groups is 1. The monoisotopic (exact) mass is 817 g/mol. The van der Waals surface area contributed by atoms with Crippen LogP contribution in [0.3, 0.4) is 0 Å². The molecular formula is C29H24I3O2S+. The molecule has 0 spiro atoms. The van der Waals surface area contributed by atoms with Gasteiger partial charge in [-0.1, -0.05) is 51.1 Å². The highest BCUT2D eigenvalue weighted by Crippen LogP contribution is 2.34. The summed E-state index contributed by atoms with van der Waals surface area (Å²) < 4.78 is 8.74. The van der Waals surface area contributed by atoms with Gasteiger partial charge < -0.3 is 4.74 Å². The molecule has 6 heteroatoms. The van der Waals surface area contributed by atoms with Crippen molar-refractivity contribution in [3.8, 4) is 5.75 Å². The Bertz CT molecular complexity index is 1310. The average Bonchev–Trinajstić information content (AvgIpc) is 2.82. The third-order valence-electron chi connectivity index (χ3n) is 5.42. The number of halogens is 3. The van der Waals surface area contributed by atoms with Gasteiger partial charge in [-0.2, -0.15) is 0 Å². The van der Waals surface area contributed by atoms with E-state index in [9.17, 15) is 4.79 Å². The number of hydrogen-bond donors (Lipinski definition) is 0. The van der Waals surface area contributed by atoms with Crippen molar-refractivity contribution in [1.82, 2.24) is 0 Å². The molecule has 0 aromatic heterocycles. The quantitative estimate of drug-likeness (QED) is 0.0871. The molecule has 1 atom stereocenters. The van der Waals surface area contributed by atoms with Crippen LogP contribution in [0.5, 0.6) is 5.75 Å². The van der Waals surface area contributed by atoms with E-state index in [0.717, 1.165) is 15.6 Å². The van der Waals surface area contributed by atoms with Crippen molar-refractivity contribution in [2.75, 3.05) is 0 Å². The maximum atomic E-state index is 12.9. The van der Waals surface area contributed by atoms with Crippen LogP contribution in [0.25, 0.3) is 0 Å². The van der Waals surface area contributed by atoms with Gasteiger partial charge in [0, 0.05) is 3.57 Å². The molecule has 0 saturated heterocycles. The second kappa shape index (κ2) is 11.5. The van der Waals surface area contributed by atoms with Crippen molar-refractivity contribution in [1.29, 1.82) is 0 Å². The Labute approximate surface area is 251 Å². The lowest BCUT2D eigenvalue weighted by Crippen LogP contribution is -2.12. The van der Waals surface area contributed by atoms with Gasteiger partial charge in [-0.05, 0) is 139 Å². The second-order valence-corrected chi connectivity index (χ2v) is 14.6. The molecule has 0 aliphatic heterocycles. The summed E-state index contributed by atoms with van der Waals surface area (Å²) in [5, 5.41) is 0. The van der Waals surface area contributed by atoms with E-state index in [2.05, 4.69) is 137 Å². The fourth-order valence-corrected chi connectivity index (χ4v) is 9.43. The number of ether oxygens (including phenoxy) is 1. The lowest BCUT2D eigenvalue weighted by molar-refractivity contribution is 0.0732. The SMILES string of the molecule is CC(C)(C)c1ccc([S+](c2ccccc2)c2ccc(C(=O)Oc3c(I)cc(I)cc3I)cc2)cc1. The van der Waals surface area contributed by atoms with Gasteiger partial charge in [0.15, 0.2) is 20.4 Å². The first-order chi connectivity index (χ1) is 16.6. The first-order valence-electron chi connectivity index (χ1n) is 11.0. The van der Waals surface area contributed by atoms with Gasteiger partial charge in [-0.25, -0.2) is 4.79 Å². The average molecular weight is 817 g/mol. The molecule has 0 fully saturated rings. The zero-order chi connectivity index (χ0) is 25.2. The van der Waals surface area contributed by atoms with E-state index in [1.165, 1.54) is 15.4 Å². The number of hydrogen-bond acceptors (Lipinski definition) is 2. The van der Waals surface area contributed by atoms with Crippen LogP contribution in [0, 0.1) is 10.7 Å². The molecule has 2 nitrogen and oxygen atoms in total. The Morgan fingerprint density at radius 1 is 0.714 bits per heavy atom. The summed E-state index contributed by atoms with van der Waals surface area (Å²) in [5.41, 5.74) is 1.97. The lowest BCUT2D eigenvalue weighted by Gasteiger charge is -2.19. The minimum atomic E-state index is -0.345. The van der Waals surface area contributed by atoms with Crippen LogP contribution < -0.4 is 4.74 Å². The number of esters is 1. The van der Waals surface area contributed by atoms with Crippen molar-refractivity contribution in [3.05, 3.63) is 113 Å². The molecule has 0 amide bonds. The van der Waals surface area contributed by atoms with Gasteiger partial charge >= 0.3 is 5.97 Å². The zero-order valence-corrected chi connectivity index (χ0v) is 26.8. The molecule has 4 rings (SSSR count). The Balaban J connectivity index is 1.64. The molecule has 1 unspecified atom stereocenters. The molecule has 0 heterocycles. The van der Waals surface area contributed by atoms with E-state index >= 15 is 0 Å². The topological polar surface area (TPSA) is 26.3 Å². The minimum Gasteiger partial charge on any atom is -0.421 e. The van der Waals surface area contributed by atoms with Gasteiger partial charge in [0.1, 0.15) is 0 Å². The van der Waals surface area contributed by atoms with Gasteiger partial charge in [0.2, 0.25) is 0 Å². The van der Waals surface area contributed by atoms with E-state index in [1.54, 1.807) is 0 Å². The van der Waals surface area contributed by atoms with Crippen LogP contribution in [0.2, 0.25) is 0 Å². The highest BCUT2D eigenvalue weighted by molar-refractivity contribution is 14.1. The largest absolute Gasteiger partial charge is 0.421 e. The summed E-state index contributed by atoms with van der Waals surface area (Å²) in [6.07, 6.45) is 0. The molecule has 0 radical (unpaired) electrons. The molecule has 0 aliphatic rings. The summed E-state index contributed by atoms with van der Waals surface area (Å²) in [7, 11) is -0.274. The predicted molar refractivity (Wildman–Crippen MR) is 170 cm³/mol. The fraction of sp³-hybridized carbons (Fsp3) is 0.138. The minimum absolute atomic E-state index is 0.110. The molecule has 0 saturated carbocycles. The summed E-state index contributed by atoms with van der Waals surface area (Å²) in [6.45, 7) is 6.69. The zero-order valence-electron chi connectivity index (χ0n) is 19.5. The Kier molecular flexibility index (Phi) is 8.86. The first kappa shape index (κ1) is 26.9. The van der Waals surface area contributed by atoms with Crippen LogP contribution in [-0.2, 0) is 16.3 Å². The van der Waals surface area contributed by atoms with Crippen LogP contribution in [0.1, 0.15) is 36.7 Å². The molecule has 0 N–H and O–H groups in total. The molecule has 0 aliphatic carbocycles. The Morgan fingerprint density at radius 3 is 1.71 bits per heavy atom. The first-order valence-corrected chi connectivity index (χ1v) is 15.5. The smallest absolute Gasteiger partial charge is 0.343 e. The van der Waals surface area contributed by atoms with Crippen molar-refractivity contribution < 1.29 is 9.53 Å². The second-order valence-electron chi connectivity index (χ2n) is 9.01.